The zero-order chi connectivity index (χ0) is 11.5. The summed E-state index contributed by atoms with van der Waals surface area (Å²) in [7, 11) is 0. The van der Waals surface area contributed by atoms with Crippen LogP contribution in [-0.4, -0.2) is 10.2 Å². The van der Waals surface area contributed by atoms with Gasteiger partial charge in [-0.2, -0.15) is 5.10 Å². The van der Waals surface area contributed by atoms with Gasteiger partial charge in [0.05, 0.1) is 11.4 Å². The Morgan fingerprint density at radius 1 is 1.06 bits per heavy atom. The Balaban J connectivity index is 2.20. The molecule has 1 aromatic carbocycles. The second-order valence-electron chi connectivity index (χ2n) is 3.48. The van der Waals surface area contributed by atoms with Crippen LogP contribution < -0.4 is 11.5 Å². The summed E-state index contributed by atoms with van der Waals surface area (Å²) in [5.74, 6) is 0.277. The summed E-state index contributed by atoms with van der Waals surface area (Å²) in [6, 6.07) is 9.79. The standard InChI is InChI=1S/C11H11BrN4/c12-8-3-1-7(2-4-8)5-9-6-10(13)11(14)16-15-9/h1-4,6H,5H2,(H2,13,15)(H2,14,16). The molecule has 1 heterocycles. The van der Waals surface area contributed by atoms with Crippen molar-refractivity contribution in [2.75, 3.05) is 11.5 Å². The molecule has 5 heteroatoms. The number of nitrogen functional groups attached to an aromatic ring is 2. The van der Waals surface area contributed by atoms with Crippen molar-refractivity contribution < 1.29 is 0 Å². The fraction of sp³-hybridized carbons (Fsp3) is 0.0909. The number of aromatic nitrogens is 2. The van der Waals surface area contributed by atoms with Crippen molar-refractivity contribution in [1.29, 1.82) is 0 Å². The van der Waals surface area contributed by atoms with Crippen LogP contribution in [0.2, 0.25) is 0 Å². The van der Waals surface area contributed by atoms with Crippen LogP contribution in [0.15, 0.2) is 34.8 Å². The average molecular weight is 279 g/mol. The third-order valence-corrected chi connectivity index (χ3v) is 2.73. The maximum absolute atomic E-state index is 5.66. The van der Waals surface area contributed by atoms with Crippen LogP contribution in [0.3, 0.4) is 0 Å². The molecule has 4 nitrogen and oxygen atoms in total. The number of anilines is 2. The van der Waals surface area contributed by atoms with E-state index in [9.17, 15) is 0 Å². The molecule has 0 atom stereocenters. The molecule has 0 unspecified atom stereocenters. The summed E-state index contributed by atoms with van der Waals surface area (Å²) in [4.78, 5) is 0. The first-order valence-electron chi connectivity index (χ1n) is 4.77. The largest absolute Gasteiger partial charge is 0.396 e. The van der Waals surface area contributed by atoms with E-state index in [2.05, 4.69) is 26.1 Å². The van der Waals surface area contributed by atoms with Gasteiger partial charge in [0.2, 0.25) is 0 Å². The lowest BCUT2D eigenvalue weighted by Crippen LogP contribution is -2.03. The van der Waals surface area contributed by atoms with Crippen LogP contribution in [0.25, 0.3) is 0 Å². The maximum atomic E-state index is 5.66. The minimum Gasteiger partial charge on any atom is -0.396 e. The first-order chi connectivity index (χ1) is 7.65. The lowest BCUT2D eigenvalue weighted by Gasteiger charge is -2.03. The van der Waals surface area contributed by atoms with Gasteiger partial charge in [0.15, 0.2) is 5.82 Å². The van der Waals surface area contributed by atoms with Gasteiger partial charge >= 0.3 is 0 Å². The fourth-order valence-corrected chi connectivity index (χ4v) is 1.62. The van der Waals surface area contributed by atoms with E-state index in [4.69, 9.17) is 11.5 Å². The zero-order valence-corrected chi connectivity index (χ0v) is 10.1. The van der Waals surface area contributed by atoms with Gasteiger partial charge in [0.25, 0.3) is 0 Å². The molecule has 4 N–H and O–H groups in total. The first-order valence-corrected chi connectivity index (χ1v) is 5.56. The van der Waals surface area contributed by atoms with Gasteiger partial charge in [-0.3, -0.25) is 0 Å². The molecule has 0 fully saturated rings. The molecular weight excluding hydrogens is 268 g/mol. The van der Waals surface area contributed by atoms with E-state index in [0.717, 1.165) is 15.7 Å². The maximum Gasteiger partial charge on any atom is 0.169 e. The van der Waals surface area contributed by atoms with E-state index >= 15 is 0 Å². The molecule has 2 rings (SSSR count). The molecular formula is C11H11BrN4. The Morgan fingerprint density at radius 3 is 2.38 bits per heavy atom. The Kier molecular flexibility index (Phi) is 3.05. The number of rotatable bonds is 2. The molecule has 16 heavy (non-hydrogen) atoms. The van der Waals surface area contributed by atoms with Gasteiger partial charge in [-0.15, -0.1) is 5.10 Å². The van der Waals surface area contributed by atoms with Crippen LogP contribution in [0.1, 0.15) is 11.3 Å². The summed E-state index contributed by atoms with van der Waals surface area (Å²) in [6.07, 6.45) is 0.699. The smallest absolute Gasteiger partial charge is 0.169 e. The van der Waals surface area contributed by atoms with Crippen molar-refractivity contribution in [3.8, 4) is 0 Å². The molecule has 0 spiro atoms. The first kappa shape index (κ1) is 10.9. The van der Waals surface area contributed by atoms with Gasteiger partial charge in [-0.05, 0) is 23.8 Å². The van der Waals surface area contributed by atoms with Crippen molar-refractivity contribution in [3.63, 3.8) is 0 Å². The second kappa shape index (κ2) is 4.49. The van der Waals surface area contributed by atoms with Crippen molar-refractivity contribution in [3.05, 3.63) is 46.1 Å². The molecule has 0 aliphatic carbocycles. The number of hydrogen-bond acceptors (Lipinski definition) is 4. The van der Waals surface area contributed by atoms with E-state index in [0.29, 0.717) is 12.1 Å². The number of halogens is 1. The van der Waals surface area contributed by atoms with Crippen molar-refractivity contribution in [2.24, 2.45) is 0 Å². The molecule has 0 aliphatic heterocycles. The lowest BCUT2D eigenvalue weighted by atomic mass is 10.1. The van der Waals surface area contributed by atoms with Gasteiger partial charge in [0.1, 0.15) is 0 Å². The van der Waals surface area contributed by atoms with E-state index in [-0.39, 0.29) is 5.82 Å². The lowest BCUT2D eigenvalue weighted by molar-refractivity contribution is 0.947. The molecule has 0 bridgehead atoms. The van der Waals surface area contributed by atoms with Crippen LogP contribution in [0.5, 0.6) is 0 Å². The highest BCUT2D eigenvalue weighted by molar-refractivity contribution is 9.10. The highest BCUT2D eigenvalue weighted by atomic mass is 79.9. The van der Waals surface area contributed by atoms with E-state index in [1.54, 1.807) is 6.07 Å². The highest BCUT2D eigenvalue weighted by Crippen LogP contribution is 2.15. The third kappa shape index (κ3) is 2.49. The third-order valence-electron chi connectivity index (χ3n) is 2.20. The predicted molar refractivity (Wildman–Crippen MR) is 67.8 cm³/mol. The Morgan fingerprint density at radius 2 is 1.75 bits per heavy atom. The molecule has 2 aromatic rings. The van der Waals surface area contributed by atoms with Crippen LogP contribution in [0.4, 0.5) is 11.5 Å². The zero-order valence-electron chi connectivity index (χ0n) is 8.52. The van der Waals surface area contributed by atoms with Gasteiger partial charge in [0, 0.05) is 10.9 Å². The van der Waals surface area contributed by atoms with Crippen LogP contribution in [-0.2, 0) is 6.42 Å². The monoisotopic (exact) mass is 278 g/mol. The molecule has 0 radical (unpaired) electrons. The summed E-state index contributed by atoms with van der Waals surface area (Å²) in [5, 5.41) is 7.78. The summed E-state index contributed by atoms with van der Waals surface area (Å²) < 4.78 is 1.05. The summed E-state index contributed by atoms with van der Waals surface area (Å²) in [5.41, 5.74) is 13.6. The Labute approximate surface area is 102 Å². The van der Waals surface area contributed by atoms with Crippen LogP contribution in [0, 0.1) is 0 Å². The van der Waals surface area contributed by atoms with Crippen molar-refractivity contribution >= 4 is 27.4 Å². The van der Waals surface area contributed by atoms with Gasteiger partial charge in [-0.1, -0.05) is 28.1 Å². The number of hydrogen-bond donors (Lipinski definition) is 2. The molecule has 0 amide bonds. The second-order valence-corrected chi connectivity index (χ2v) is 4.40. The molecule has 1 aromatic heterocycles. The number of nitrogens with zero attached hydrogens (tertiary/aromatic N) is 2. The van der Waals surface area contributed by atoms with Gasteiger partial charge in [-0.25, -0.2) is 0 Å². The highest BCUT2D eigenvalue weighted by Gasteiger charge is 2.02. The van der Waals surface area contributed by atoms with E-state index in [1.165, 1.54) is 0 Å². The Hall–Kier alpha value is -1.62. The average Bonchev–Trinajstić information content (AvgIpc) is 2.27. The minimum absolute atomic E-state index is 0.277. The minimum atomic E-state index is 0.277. The molecule has 0 aliphatic rings. The quantitative estimate of drug-likeness (QED) is 0.881. The normalized spacial score (nSPS) is 10.3. The van der Waals surface area contributed by atoms with Gasteiger partial charge < -0.3 is 11.5 Å². The Bertz CT molecular complexity index is 496. The van der Waals surface area contributed by atoms with E-state index < -0.39 is 0 Å². The fourth-order valence-electron chi connectivity index (χ4n) is 1.36. The molecule has 82 valence electrons. The predicted octanol–water partition coefficient (Wildman–Crippen LogP) is 1.99. The molecule has 0 saturated heterocycles. The SMILES string of the molecule is Nc1cc(Cc2ccc(Br)cc2)nnc1N. The van der Waals surface area contributed by atoms with Crippen molar-refractivity contribution in [1.82, 2.24) is 10.2 Å². The van der Waals surface area contributed by atoms with Crippen LogP contribution >= 0.6 is 15.9 Å². The number of nitrogens with two attached hydrogens (primary N) is 2. The van der Waals surface area contributed by atoms with Crippen molar-refractivity contribution in [2.45, 2.75) is 6.42 Å². The van der Waals surface area contributed by atoms with E-state index in [1.807, 2.05) is 24.3 Å². The number of benzene rings is 1. The topological polar surface area (TPSA) is 77.8 Å². The summed E-state index contributed by atoms with van der Waals surface area (Å²) in [6.45, 7) is 0. The summed E-state index contributed by atoms with van der Waals surface area (Å²) >= 11 is 3.39. The molecule has 0 saturated carbocycles.